The van der Waals surface area contributed by atoms with Crippen molar-refractivity contribution in [3.8, 4) is 11.4 Å². The summed E-state index contributed by atoms with van der Waals surface area (Å²) >= 11 is 5.50. The third-order valence-electron chi connectivity index (χ3n) is 6.43. The number of aromatic carboxylic acids is 2. The molecule has 0 saturated carbocycles. The van der Waals surface area contributed by atoms with Gasteiger partial charge in [0.1, 0.15) is 23.0 Å². The minimum absolute atomic E-state index is 0. The van der Waals surface area contributed by atoms with Gasteiger partial charge < -0.3 is 31.3 Å². The van der Waals surface area contributed by atoms with E-state index in [1.165, 1.54) is 79.8 Å². The van der Waals surface area contributed by atoms with Crippen molar-refractivity contribution in [1.82, 2.24) is 40.0 Å². The van der Waals surface area contributed by atoms with Crippen LogP contribution in [0.1, 0.15) is 32.1 Å². The summed E-state index contributed by atoms with van der Waals surface area (Å²) in [7, 11) is 0. The molecule has 0 radical (unpaired) electrons. The Morgan fingerprint density at radius 1 is 0.667 bits per heavy atom. The molecule has 4 heterocycles. The number of carboxylic acid groups (broad SMARTS) is 2. The molecule has 0 spiro atoms. The quantitative estimate of drug-likeness (QED) is 0.0358. The third kappa shape index (κ3) is 15.2. The number of anilines is 2. The number of hydrogen-bond donors (Lipinski definition) is 2. The standard InChI is InChI=1S/C28H22N14O4S4.2CO2.4Li/c1-13-19(21(29)41(39-13)17-7-3-5-15(11-17)23(43)44)31-33-25-35-37-27(49-25)47-9-10-48-28-38-36-26(50-28)34-32-20-14(2)40-42(22(20)30)18-8-4-6-16(12-18)24(45)46;2*2-1-3;;;;/h5-8,11-12H,9-10,29-30H2,1-2H3,(H,43,44)(H,45,46);;;;;;/q-2;;;4*+1/p-2. The molecule has 0 amide bonds. The van der Waals surface area contributed by atoms with Gasteiger partial charge in [-0.3, -0.25) is 9.36 Å². The van der Waals surface area contributed by atoms with Crippen molar-refractivity contribution in [2.45, 2.75) is 22.5 Å². The van der Waals surface area contributed by atoms with E-state index in [-0.39, 0.29) is 111 Å². The summed E-state index contributed by atoms with van der Waals surface area (Å²) < 4.78 is 4.09. The predicted octanol–water partition coefficient (Wildman–Crippen LogP) is -9.57. The number of nitrogens with zero attached hydrogens (tertiary/aromatic N) is 12. The van der Waals surface area contributed by atoms with Crippen LogP contribution in [0.15, 0.2) is 65.5 Å². The first-order chi connectivity index (χ1) is 26.9. The van der Waals surface area contributed by atoms with E-state index in [0.717, 1.165) is 0 Å². The van der Waals surface area contributed by atoms with Crippen molar-refractivity contribution in [2.24, 2.45) is 20.5 Å². The Bertz CT molecular complexity index is 2330. The molecule has 2 aromatic carbocycles. The maximum atomic E-state index is 11.2. The summed E-state index contributed by atoms with van der Waals surface area (Å²) in [6.45, 7) is 3.40. The van der Waals surface area contributed by atoms with Crippen molar-refractivity contribution >= 4 is 104 Å². The number of nitrogens with two attached hydrogens (primary N) is 2. The van der Waals surface area contributed by atoms with Gasteiger partial charge in [-0.25, -0.2) is 0 Å². The zero-order valence-electron chi connectivity index (χ0n) is 32.3. The van der Waals surface area contributed by atoms with Crippen LogP contribution in [0.2, 0.25) is 0 Å². The Kier molecular flexibility index (Phi) is 25.4. The molecule has 286 valence electrons. The van der Waals surface area contributed by atoms with E-state index in [2.05, 4.69) is 63.2 Å². The van der Waals surface area contributed by atoms with E-state index in [1.807, 2.05) is 0 Å². The first-order valence-electron chi connectivity index (χ1n) is 14.8. The second kappa shape index (κ2) is 27.4. The zero-order chi connectivity index (χ0) is 40.8. The number of benzene rings is 2. The number of carboxylic acids is 2. The van der Waals surface area contributed by atoms with Crippen LogP contribution in [0.25, 0.3) is 11.4 Å². The second-order valence-corrected chi connectivity index (χ2v) is 14.6. The van der Waals surface area contributed by atoms with Crippen molar-refractivity contribution in [3.05, 3.63) is 71.0 Å². The van der Waals surface area contributed by atoms with E-state index in [1.54, 1.807) is 26.0 Å². The summed E-state index contributed by atoms with van der Waals surface area (Å²) in [4.78, 5) is 54.9. The van der Waals surface area contributed by atoms with Gasteiger partial charge in [-0.2, -0.15) is 65.8 Å². The zero-order valence-corrected chi connectivity index (χ0v) is 35.6. The van der Waals surface area contributed by atoms with Gasteiger partial charge in [-0.1, -0.05) is 46.2 Å². The summed E-state index contributed by atoms with van der Waals surface area (Å²) in [5, 5.41) is 64.9. The molecular formula is C30H20Li4N14O8S4. The Labute approximate surface area is 403 Å². The SMILES string of the molecule is Cc1nn(-c2c[c-]cc(C(=O)[O-])c2)c(N)c1N=Nc1nnc(SCCSc2nnc(N=Nc3c(C)nn(-c4c[c-]cc(C(=O)[O-])c4)c3N)s2)s1.O=C=O.O=C=O.[Li+].[Li+].[Li+].[Li+]. The summed E-state index contributed by atoms with van der Waals surface area (Å²) in [5.41, 5.74) is 14.7. The molecule has 0 atom stereocenters. The molecule has 6 rings (SSSR count). The Balaban J connectivity index is 0.00000329. The number of thioether (sulfide) groups is 2. The van der Waals surface area contributed by atoms with Gasteiger partial charge in [-0.15, -0.1) is 64.1 Å². The van der Waals surface area contributed by atoms with Gasteiger partial charge in [0.2, 0.25) is 0 Å². The van der Waals surface area contributed by atoms with Crippen molar-refractivity contribution in [3.63, 3.8) is 0 Å². The molecule has 4 aromatic heterocycles. The molecule has 0 fully saturated rings. The van der Waals surface area contributed by atoms with Crippen molar-refractivity contribution in [1.29, 1.82) is 0 Å². The van der Waals surface area contributed by atoms with E-state index in [4.69, 9.17) is 30.6 Å². The normalized spacial score (nSPS) is 9.97. The first kappa shape index (κ1) is 55.6. The Morgan fingerprint density at radius 3 is 1.35 bits per heavy atom. The maximum absolute atomic E-state index is 11.2. The van der Waals surface area contributed by atoms with Gasteiger partial charge >= 0.3 is 87.7 Å². The van der Waals surface area contributed by atoms with Gasteiger partial charge in [0, 0.05) is 23.4 Å². The maximum Gasteiger partial charge on any atom is 1.00 e. The van der Waals surface area contributed by atoms with Crippen LogP contribution in [-0.4, -0.2) is 75.7 Å². The Morgan fingerprint density at radius 2 is 1.02 bits per heavy atom. The average molecular weight is 861 g/mol. The fourth-order valence-corrected chi connectivity index (χ4v) is 7.59. The number of rotatable bonds is 13. The van der Waals surface area contributed by atoms with Gasteiger partial charge in [0.25, 0.3) is 10.3 Å². The molecule has 0 unspecified atom stereocenters. The minimum Gasteiger partial charge on any atom is -0.559 e. The van der Waals surface area contributed by atoms with Crippen LogP contribution in [0, 0.1) is 26.0 Å². The third-order valence-corrected chi connectivity index (χ3v) is 10.6. The molecule has 6 aromatic rings. The number of aromatic nitrogens is 8. The van der Waals surface area contributed by atoms with Crippen molar-refractivity contribution < 1.29 is 114 Å². The van der Waals surface area contributed by atoms with Crippen LogP contribution in [0.5, 0.6) is 0 Å². The molecule has 0 saturated heterocycles. The molecule has 0 bridgehead atoms. The van der Waals surface area contributed by atoms with Crippen LogP contribution in [0.3, 0.4) is 0 Å². The fourth-order valence-electron chi connectivity index (χ4n) is 4.16. The summed E-state index contributed by atoms with van der Waals surface area (Å²) in [6, 6.07) is 13.9. The molecule has 0 aliphatic rings. The number of azo groups is 2. The van der Waals surface area contributed by atoms with E-state index >= 15 is 0 Å². The topological polar surface area (TPSA) is 337 Å². The summed E-state index contributed by atoms with van der Waals surface area (Å²) in [6.07, 6.45) is 0.500. The average Bonchev–Trinajstić information content (AvgIpc) is 3.96. The number of aryl methyl sites for hydroxylation is 2. The molecule has 22 nitrogen and oxygen atoms in total. The second-order valence-electron chi connectivity index (χ2n) is 9.96. The van der Waals surface area contributed by atoms with Crippen LogP contribution in [0.4, 0.5) is 33.3 Å². The molecule has 4 N–H and O–H groups in total. The summed E-state index contributed by atoms with van der Waals surface area (Å²) in [5.74, 6) is -0.957. The van der Waals surface area contributed by atoms with Gasteiger partial charge in [0.05, 0.1) is 11.4 Å². The van der Waals surface area contributed by atoms with E-state index in [9.17, 15) is 19.8 Å². The van der Waals surface area contributed by atoms with Crippen LogP contribution >= 0.6 is 46.2 Å². The van der Waals surface area contributed by atoms with Gasteiger partial charge in [0.15, 0.2) is 8.68 Å². The van der Waals surface area contributed by atoms with Gasteiger partial charge in [-0.05, 0) is 25.2 Å². The fraction of sp³-hybridized carbons (Fsp3) is 0.133. The minimum atomic E-state index is -1.34. The molecule has 30 heteroatoms. The van der Waals surface area contributed by atoms with E-state index < -0.39 is 11.9 Å². The molecule has 0 aliphatic heterocycles. The monoisotopic (exact) mass is 860 g/mol. The first-order valence-corrected chi connectivity index (χ1v) is 18.4. The Hall–Kier alpha value is -4.43. The smallest absolute Gasteiger partial charge is 0.559 e. The molecular weight excluding hydrogens is 840 g/mol. The molecule has 0 aliphatic carbocycles. The number of hydrogen-bond acceptors (Lipinski definition) is 24. The van der Waals surface area contributed by atoms with E-state index in [0.29, 0.717) is 64.6 Å². The number of carbonyl (C=O) groups is 2. The largest absolute Gasteiger partial charge is 1.00 e. The number of nitrogen functional groups attached to an aromatic ring is 2. The number of carbonyl (C=O) groups excluding carboxylic acids is 6. The predicted molar refractivity (Wildman–Crippen MR) is 191 cm³/mol. The van der Waals surface area contributed by atoms with Crippen LogP contribution < -0.4 is 97.1 Å². The van der Waals surface area contributed by atoms with Crippen LogP contribution in [-0.2, 0) is 19.2 Å². The molecule has 60 heavy (non-hydrogen) atoms. The van der Waals surface area contributed by atoms with Crippen molar-refractivity contribution in [2.75, 3.05) is 23.0 Å².